The lowest BCUT2D eigenvalue weighted by Gasteiger charge is -2.28. The van der Waals surface area contributed by atoms with Gasteiger partial charge >= 0.3 is 0 Å². The molecule has 1 aromatic heterocycles. The fourth-order valence-corrected chi connectivity index (χ4v) is 4.34. The summed E-state index contributed by atoms with van der Waals surface area (Å²) in [6.45, 7) is 3.17. The highest BCUT2D eigenvalue weighted by Gasteiger charge is 2.54. The number of nitrogens with zero attached hydrogens (tertiary/aromatic N) is 2. The van der Waals surface area contributed by atoms with Crippen LogP contribution in [0.3, 0.4) is 0 Å². The molecule has 4 rings (SSSR count). The maximum absolute atomic E-state index is 12.7. The second-order valence-electron chi connectivity index (χ2n) is 6.96. The van der Waals surface area contributed by atoms with Crippen molar-refractivity contribution >= 4 is 5.91 Å². The molecule has 2 fully saturated rings. The molecule has 3 heterocycles. The minimum absolute atomic E-state index is 0.196. The topological polar surface area (TPSA) is 54.5 Å². The lowest BCUT2D eigenvalue weighted by atomic mass is 9.73. The Bertz CT molecular complexity index is 765. The van der Waals surface area contributed by atoms with Crippen molar-refractivity contribution in [3.8, 4) is 5.88 Å². The molecule has 2 aliphatic rings. The molecule has 25 heavy (non-hydrogen) atoms. The zero-order valence-corrected chi connectivity index (χ0v) is 14.4. The first-order chi connectivity index (χ1) is 12.2. The number of likely N-dealkylation sites (tertiary alicyclic amines) is 1. The largest absolute Gasteiger partial charge is 0.481 e. The van der Waals surface area contributed by atoms with E-state index < -0.39 is 0 Å². The lowest BCUT2D eigenvalue weighted by molar-refractivity contribution is -0.127. The molecule has 0 radical (unpaired) electrons. The fourth-order valence-electron chi connectivity index (χ4n) is 4.34. The molecular formula is C20H23N3O2. The number of hydrogen-bond donors (Lipinski definition) is 1. The Balaban J connectivity index is 1.56. The monoisotopic (exact) mass is 337 g/mol. The van der Waals surface area contributed by atoms with Crippen LogP contribution in [0.2, 0.25) is 0 Å². The Morgan fingerprint density at radius 3 is 2.92 bits per heavy atom. The maximum atomic E-state index is 12.7. The van der Waals surface area contributed by atoms with Crippen LogP contribution in [0.25, 0.3) is 0 Å². The van der Waals surface area contributed by atoms with Gasteiger partial charge in [-0.15, -0.1) is 0 Å². The highest BCUT2D eigenvalue weighted by Crippen LogP contribution is 2.47. The minimum atomic E-state index is -0.323. The van der Waals surface area contributed by atoms with Gasteiger partial charge in [-0.05, 0) is 24.6 Å². The van der Waals surface area contributed by atoms with Gasteiger partial charge in [-0.25, -0.2) is 4.98 Å². The van der Waals surface area contributed by atoms with E-state index in [-0.39, 0.29) is 17.2 Å². The summed E-state index contributed by atoms with van der Waals surface area (Å²) in [5, 5.41) is 3.11. The molecule has 5 heteroatoms. The first-order valence-corrected chi connectivity index (χ1v) is 8.76. The van der Waals surface area contributed by atoms with Crippen LogP contribution in [-0.4, -0.2) is 42.5 Å². The standard InChI is InChI=1S/C20H23N3O2/c1-25-18-16(8-5-10-21-18)13-23-11-9-20(14-23)17(12-22-19(20)24)15-6-3-2-4-7-15/h2-8,10,17H,9,11-14H2,1H3,(H,22,24)/t17-,20+/m0/s1. The fraction of sp³-hybridized carbons (Fsp3) is 0.400. The smallest absolute Gasteiger partial charge is 0.228 e. The number of rotatable bonds is 4. The number of hydrogen-bond acceptors (Lipinski definition) is 4. The SMILES string of the molecule is COc1ncccc1CN1CC[C@]2(C1)C(=O)NC[C@H]2c1ccccc1. The van der Waals surface area contributed by atoms with Gasteiger partial charge in [0, 0.05) is 37.3 Å². The van der Waals surface area contributed by atoms with Crippen molar-refractivity contribution in [2.45, 2.75) is 18.9 Å². The third kappa shape index (κ3) is 2.78. The van der Waals surface area contributed by atoms with Gasteiger partial charge in [-0.3, -0.25) is 9.69 Å². The molecule has 1 aromatic carbocycles. The Labute approximate surface area is 148 Å². The van der Waals surface area contributed by atoms with E-state index in [1.54, 1.807) is 13.3 Å². The van der Waals surface area contributed by atoms with Gasteiger partial charge in [0.05, 0.1) is 12.5 Å². The Morgan fingerprint density at radius 1 is 1.28 bits per heavy atom. The van der Waals surface area contributed by atoms with Gasteiger partial charge in [0.25, 0.3) is 0 Å². The number of carbonyl (C=O) groups is 1. The summed E-state index contributed by atoms with van der Waals surface area (Å²) in [5.41, 5.74) is 2.00. The van der Waals surface area contributed by atoms with E-state index in [2.05, 4.69) is 39.5 Å². The Kier molecular flexibility index (Phi) is 4.17. The summed E-state index contributed by atoms with van der Waals surface area (Å²) in [6.07, 6.45) is 2.63. The van der Waals surface area contributed by atoms with Crippen LogP contribution in [-0.2, 0) is 11.3 Å². The number of carbonyl (C=O) groups excluding carboxylic acids is 1. The molecule has 2 saturated heterocycles. The molecule has 1 amide bonds. The predicted octanol–water partition coefficient (Wildman–Crippen LogP) is 2.20. The summed E-state index contributed by atoms with van der Waals surface area (Å²) < 4.78 is 5.37. The first kappa shape index (κ1) is 16.1. The predicted molar refractivity (Wildman–Crippen MR) is 95.3 cm³/mol. The molecule has 0 saturated carbocycles. The van der Waals surface area contributed by atoms with Crippen LogP contribution >= 0.6 is 0 Å². The maximum Gasteiger partial charge on any atom is 0.228 e. The number of ether oxygens (including phenoxy) is 1. The van der Waals surface area contributed by atoms with Crippen LogP contribution in [0.1, 0.15) is 23.5 Å². The summed E-state index contributed by atoms with van der Waals surface area (Å²) in [4.78, 5) is 19.4. The van der Waals surface area contributed by atoms with Gasteiger partial charge in [0.1, 0.15) is 0 Å². The highest BCUT2D eigenvalue weighted by molar-refractivity contribution is 5.87. The number of nitrogens with one attached hydrogen (secondary N) is 1. The Hall–Kier alpha value is -2.40. The van der Waals surface area contributed by atoms with Crippen molar-refractivity contribution in [2.75, 3.05) is 26.7 Å². The number of pyridine rings is 1. The molecular weight excluding hydrogens is 314 g/mol. The van der Waals surface area contributed by atoms with Crippen LogP contribution in [0, 0.1) is 5.41 Å². The molecule has 0 aliphatic carbocycles. The zero-order chi connectivity index (χ0) is 17.3. The zero-order valence-electron chi connectivity index (χ0n) is 14.4. The summed E-state index contributed by atoms with van der Waals surface area (Å²) in [7, 11) is 1.65. The highest BCUT2D eigenvalue weighted by atomic mass is 16.5. The van der Waals surface area contributed by atoms with Crippen LogP contribution < -0.4 is 10.1 Å². The first-order valence-electron chi connectivity index (χ1n) is 8.76. The van der Waals surface area contributed by atoms with E-state index in [9.17, 15) is 4.79 Å². The van der Waals surface area contributed by atoms with E-state index in [1.165, 1.54) is 5.56 Å². The molecule has 2 aliphatic heterocycles. The average molecular weight is 337 g/mol. The molecule has 0 unspecified atom stereocenters. The van der Waals surface area contributed by atoms with Crippen molar-refractivity contribution in [1.29, 1.82) is 0 Å². The van der Waals surface area contributed by atoms with Crippen molar-refractivity contribution in [3.63, 3.8) is 0 Å². The van der Waals surface area contributed by atoms with Crippen LogP contribution in [0.15, 0.2) is 48.7 Å². The quantitative estimate of drug-likeness (QED) is 0.929. The number of aromatic nitrogens is 1. The second-order valence-corrected chi connectivity index (χ2v) is 6.96. The van der Waals surface area contributed by atoms with Gasteiger partial charge in [-0.1, -0.05) is 36.4 Å². The summed E-state index contributed by atoms with van der Waals surface area (Å²) in [6, 6.07) is 14.4. The average Bonchev–Trinajstić information content (AvgIpc) is 3.21. The number of benzene rings is 1. The molecule has 2 atom stereocenters. The van der Waals surface area contributed by atoms with Crippen LogP contribution in [0.5, 0.6) is 5.88 Å². The van der Waals surface area contributed by atoms with Gasteiger partial charge < -0.3 is 10.1 Å². The minimum Gasteiger partial charge on any atom is -0.481 e. The van der Waals surface area contributed by atoms with E-state index >= 15 is 0 Å². The summed E-state index contributed by atoms with van der Waals surface area (Å²) >= 11 is 0. The molecule has 1 spiro atoms. The van der Waals surface area contributed by atoms with Crippen LogP contribution in [0.4, 0.5) is 0 Å². The van der Waals surface area contributed by atoms with Gasteiger partial charge in [0.2, 0.25) is 11.8 Å². The third-order valence-corrected chi connectivity index (χ3v) is 5.61. The molecule has 130 valence electrons. The molecule has 5 nitrogen and oxygen atoms in total. The van der Waals surface area contributed by atoms with Crippen molar-refractivity contribution < 1.29 is 9.53 Å². The lowest BCUT2D eigenvalue weighted by Crippen LogP contribution is -2.37. The summed E-state index contributed by atoms with van der Waals surface area (Å²) in [5.74, 6) is 1.10. The Morgan fingerprint density at radius 2 is 2.12 bits per heavy atom. The van der Waals surface area contributed by atoms with Crippen molar-refractivity contribution in [1.82, 2.24) is 15.2 Å². The number of methoxy groups -OCH3 is 1. The second kappa shape index (κ2) is 6.48. The van der Waals surface area contributed by atoms with E-state index in [0.717, 1.165) is 38.2 Å². The van der Waals surface area contributed by atoms with Crippen molar-refractivity contribution in [2.24, 2.45) is 5.41 Å². The third-order valence-electron chi connectivity index (χ3n) is 5.61. The molecule has 2 aromatic rings. The molecule has 0 bridgehead atoms. The van der Waals surface area contributed by atoms with E-state index in [4.69, 9.17) is 4.74 Å². The molecule has 1 N–H and O–H groups in total. The number of amides is 1. The van der Waals surface area contributed by atoms with Gasteiger partial charge in [-0.2, -0.15) is 0 Å². The normalized spacial score (nSPS) is 26.1. The van der Waals surface area contributed by atoms with Crippen molar-refractivity contribution in [3.05, 3.63) is 59.8 Å². The van der Waals surface area contributed by atoms with E-state index in [0.29, 0.717) is 5.88 Å². The van der Waals surface area contributed by atoms with Gasteiger partial charge in [0.15, 0.2) is 0 Å². The van der Waals surface area contributed by atoms with E-state index in [1.807, 2.05) is 18.2 Å².